The topological polar surface area (TPSA) is 66.8 Å². The van der Waals surface area contributed by atoms with Gasteiger partial charge in [0, 0.05) is 6.08 Å². The second-order valence-corrected chi connectivity index (χ2v) is 3.82. The van der Waals surface area contributed by atoms with Crippen molar-refractivity contribution < 1.29 is 19.7 Å². The molecule has 0 amide bonds. The summed E-state index contributed by atoms with van der Waals surface area (Å²) in [7, 11) is 0. The van der Waals surface area contributed by atoms with Gasteiger partial charge in [0.15, 0.2) is 11.5 Å². The summed E-state index contributed by atoms with van der Waals surface area (Å²) in [6, 6.07) is 4.29. The average molecular weight is 248 g/mol. The van der Waals surface area contributed by atoms with Crippen LogP contribution in [0.15, 0.2) is 35.9 Å². The predicted molar refractivity (Wildman–Crippen MR) is 69.2 cm³/mol. The fourth-order valence-corrected chi connectivity index (χ4v) is 1.12. The van der Waals surface area contributed by atoms with E-state index in [2.05, 4.69) is 0 Å². The number of hydrogen-bond donors (Lipinski definition) is 2. The average Bonchev–Trinajstić information content (AvgIpc) is 2.37. The molecule has 0 aliphatic rings. The number of ether oxygens (including phenoxy) is 1. The van der Waals surface area contributed by atoms with Gasteiger partial charge in [-0.3, -0.25) is 0 Å². The molecular weight excluding hydrogens is 232 g/mol. The molecule has 2 N–H and O–H groups in total. The lowest BCUT2D eigenvalue weighted by molar-refractivity contribution is -0.136. The fraction of sp³-hybridized carbons (Fsp3) is 0.214. The molecule has 0 radical (unpaired) electrons. The second kappa shape index (κ2) is 6.49. The van der Waals surface area contributed by atoms with E-state index < -0.39 is 5.97 Å². The number of phenols is 2. The normalized spacial score (nSPS) is 11.8. The maximum Gasteiger partial charge on any atom is 0.331 e. The van der Waals surface area contributed by atoms with Gasteiger partial charge in [-0.1, -0.05) is 12.1 Å². The molecule has 0 aromatic heterocycles. The largest absolute Gasteiger partial charge is 0.504 e. The van der Waals surface area contributed by atoms with E-state index in [0.29, 0.717) is 5.56 Å². The number of phenolic OH excluding ortho intramolecular Hbond substituents is 2. The summed E-state index contributed by atoms with van der Waals surface area (Å²) in [4.78, 5) is 11.3. The molecule has 4 nitrogen and oxygen atoms in total. The standard InChI is InChI=1S/C14H16O4/c1-3-10(2)9-18-14(17)7-5-11-4-6-12(15)13(16)8-11/h3-8,15-16H,9H2,1-2H3/b7-5+,10-3+. The molecule has 0 saturated heterocycles. The van der Waals surface area contributed by atoms with E-state index in [1.165, 1.54) is 24.3 Å². The molecule has 18 heavy (non-hydrogen) atoms. The van der Waals surface area contributed by atoms with E-state index in [-0.39, 0.29) is 18.1 Å². The number of rotatable bonds is 4. The maximum absolute atomic E-state index is 11.3. The lowest BCUT2D eigenvalue weighted by atomic mass is 10.2. The van der Waals surface area contributed by atoms with Crippen LogP contribution < -0.4 is 0 Å². The Balaban J connectivity index is 2.58. The van der Waals surface area contributed by atoms with Gasteiger partial charge in [0.25, 0.3) is 0 Å². The highest BCUT2D eigenvalue weighted by Gasteiger charge is 2.00. The van der Waals surface area contributed by atoms with E-state index in [0.717, 1.165) is 5.57 Å². The molecule has 0 aliphatic heterocycles. The molecular formula is C14H16O4. The van der Waals surface area contributed by atoms with Crippen LogP contribution >= 0.6 is 0 Å². The van der Waals surface area contributed by atoms with Crippen LogP contribution in [0.5, 0.6) is 11.5 Å². The van der Waals surface area contributed by atoms with Crippen LogP contribution in [0.25, 0.3) is 6.08 Å². The summed E-state index contributed by atoms with van der Waals surface area (Å²) in [6.45, 7) is 4.01. The molecule has 0 heterocycles. The Hall–Kier alpha value is -2.23. The summed E-state index contributed by atoms with van der Waals surface area (Å²) in [5, 5.41) is 18.4. The van der Waals surface area contributed by atoms with Crippen LogP contribution in [0.1, 0.15) is 19.4 Å². The van der Waals surface area contributed by atoms with E-state index in [1.54, 1.807) is 6.07 Å². The molecule has 0 unspecified atom stereocenters. The number of carbonyl (C=O) groups excluding carboxylic acids is 1. The first kappa shape index (κ1) is 13.8. The minimum Gasteiger partial charge on any atom is -0.504 e. The monoisotopic (exact) mass is 248 g/mol. The van der Waals surface area contributed by atoms with Gasteiger partial charge in [0.05, 0.1) is 0 Å². The second-order valence-electron chi connectivity index (χ2n) is 3.82. The van der Waals surface area contributed by atoms with E-state index in [1.807, 2.05) is 19.9 Å². The van der Waals surface area contributed by atoms with E-state index in [9.17, 15) is 9.90 Å². The van der Waals surface area contributed by atoms with Gasteiger partial charge < -0.3 is 14.9 Å². The highest BCUT2D eigenvalue weighted by Crippen LogP contribution is 2.25. The third-order valence-corrected chi connectivity index (χ3v) is 2.35. The maximum atomic E-state index is 11.3. The van der Waals surface area contributed by atoms with Crippen LogP contribution in [-0.2, 0) is 9.53 Å². The predicted octanol–water partition coefficient (Wildman–Crippen LogP) is 2.62. The lowest BCUT2D eigenvalue weighted by Gasteiger charge is -2.01. The Labute approximate surface area is 106 Å². The number of aromatic hydroxyl groups is 2. The zero-order valence-electron chi connectivity index (χ0n) is 10.4. The summed E-state index contributed by atoms with van der Waals surface area (Å²) in [6.07, 6.45) is 4.65. The van der Waals surface area contributed by atoms with E-state index >= 15 is 0 Å². The number of benzene rings is 1. The van der Waals surface area contributed by atoms with E-state index in [4.69, 9.17) is 9.84 Å². The van der Waals surface area contributed by atoms with Gasteiger partial charge in [-0.2, -0.15) is 0 Å². The van der Waals surface area contributed by atoms with Gasteiger partial charge in [-0.15, -0.1) is 0 Å². The molecule has 0 spiro atoms. The van der Waals surface area contributed by atoms with Crippen molar-refractivity contribution in [1.82, 2.24) is 0 Å². The smallest absolute Gasteiger partial charge is 0.331 e. The van der Waals surface area contributed by atoms with Crippen LogP contribution in [0.3, 0.4) is 0 Å². The third-order valence-electron chi connectivity index (χ3n) is 2.35. The molecule has 1 rings (SSSR count). The highest BCUT2D eigenvalue weighted by atomic mass is 16.5. The Morgan fingerprint density at radius 1 is 1.33 bits per heavy atom. The molecule has 1 aromatic carbocycles. The van der Waals surface area contributed by atoms with Crippen molar-refractivity contribution in [2.75, 3.05) is 6.61 Å². The van der Waals surface area contributed by atoms with Crippen LogP contribution in [0.2, 0.25) is 0 Å². The molecule has 0 fully saturated rings. The Morgan fingerprint density at radius 3 is 2.67 bits per heavy atom. The first-order valence-corrected chi connectivity index (χ1v) is 5.51. The lowest BCUT2D eigenvalue weighted by Crippen LogP contribution is -2.02. The van der Waals surface area contributed by atoms with Crippen molar-refractivity contribution in [3.8, 4) is 11.5 Å². The van der Waals surface area contributed by atoms with Crippen molar-refractivity contribution in [1.29, 1.82) is 0 Å². The van der Waals surface area contributed by atoms with Crippen molar-refractivity contribution in [2.24, 2.45) is 0 Å². The summed E-state index contributed by atoms with van der Waals surface area (Å²) in [5.41, 5.74) is 1.57. The molecule has 1 aromatic rings. The zero-order chi connectivity index (χ0) is 13.5. The summed E-state index contributed by atoms with van der Waals surface area (Å²) >= 11 is 0. The first-order valence-electron chi connectivity index (χ1n) is 5.51. The fourth-order valence-electron chi connectivity index (χ4n) is 1.12. The Kier molecular flexibility index (Phi) is 4.99. The van der Waals surface area contributed by atoms with Crippen molar-refractivity contribution >= 4 is 12.0 Å². The number of allylic oxidation sites excluding steroid dienone is 1. The van der Waals surface area contributed by atoms with Gasteiger partial charge in [0.1, 0.15) is 6.61 Å². The summed E-state index contributed by atoms with van der Waals surface area (Å²) < 4.78 is 4.96. The Morgan fingerprint density at radius 2 is 2.06 bits per heavy atom. The summed E-state index contributed by atoms with van der Waals surface area (Å²) in [5.74, 6) is -0.877. The SMILES string of the molecule is C/C=C(\C)COC(=O)/C=C/c1ccc(O)c(O)c1. The molecule has 0 bridgehead atoms. The van der Waals surface area contributed by atoms with Gasteiger partial charge in [0.2, 0.25) is 0 Å². The van der Waals surface area contributed by atoms with Gasteiger partial charge in [-0.05, 0) is 43.2 Å². The minimum absolute atomic E-state index is 0.196. The molecule has 4 heteroatoms. The van der Waals surface area contributed by atoms with Crippen molar-refractivity contribution in [3.05, 3.63) is 41.5 Å². The molecule has 96 valence electrons. The number of hydrogen-bond acceptors (Lipinski definition) is 4. The quantitative estimate of drug-likeness (QED) is 0.372. The van der Waals surface area contributed by atoms with Crippen LogP contribution in [-0.4, -0.2) is 22.8 Å². The number of carbonyl (C=O) groups is 1. The highest BCUT2D eigenvalue weighted by molar-refractivity contribution is 5.87. The van der Waals surface area contributed by atoms with Gasteiger partial charge in [-0.25, -0.2) is 4.79 Å². The molecule has 0 atom stereocenters. The molecule has 0 saturated carbocycles. The number of esters is 1. The third kappa shape index (κ3) is 4.33. The van der Waals surface area contributed by atoms with Crippen molar-refractivity contribution in [3.63, 3.8) is 0 Å². The first-order chi connectivity index (χ1) is 8.52. The van der Waals surface area contributed by atoms with Crippen molar-refractivity contribution in [2.45, 2.75) is 13.8 Å². The Bertz CT molecular complexity index is 487. The minimum atomic E-state index is -0.455. The zero-order valence-corrected chi connectivity index (χ0v) is 10.4. The van der Waals surface area contributed by atoms with Crippen LogP contribution in [0.4, 0.5) is 0 Å². The van der Waals surface area contributed by atoms with Gasteiger partial charge >= 0.3 is 5.97 Å². The van der Waals surface area contributed by atoms with Crippen LogP contribution in [0, 0.1) is 0 Å². The molecule has 0 aliphatic carbocycles.